The Bertz CT molecular complexity index is 130. The van der Waals surface area contributed by atoms with E-state index < -0.39 is 0 Å². The van der Waals surface area contributed by atoms with Crippen LogP contribution in [0.5, 0.6) is 0 Å². The first-order valence-electron chi connectivity index (χ1n) is 4.66. The predicted molar refractivity (Wildman–Crippen MR) is 50.4 cm³/mol. The van der Waals surface area contributed by atoms with Gasteiger partial charge in [-0.05, 0) is 33.5 Å². The summed E-state index contributed by atoms with van der Waals surface area (Å²) in [7, 11) is 5.98. The van der Waals surface area contributed by atoms with Gasteiger partial charge in [-0.15, -0.1) is 0 Å². The van der Waals surface area contributed by atoms with Crippen LogP contribution in [0.1, 0.15) is 12.8 Å². The molecule has 0 aliphatic carbocycles. The summed E-state index contributed by atoms with van der Waals surface area (Å²) in [5.41, 5.74) is 0. The molecule has 1 aliphatic heterocycles. The summed E-state index contributed by atoms with van der Waals surface area (Å²) in [6.07, 6.45) is 2.81. The monoisotopic (exact) mass is 172 g/mol. The third kappa shape index (κ3) is 2.44. The van der Waals surface area contributed by atoms with E-state index >= 15 is 0 Å². The van der Waals surface area contributed by atoms with Gasteiger partial charge in [0, 0.05) is 19.7 Å². The van der Waals surface area contributed by atoms with Gasteiger partial charge < -0.3 is 15.0 Å². The van der Waals surface area contributed by atoms with Crippen molar-refractivity contribution in [2.75, 3.05) is 34.3 Å². The molecular formula is C9H20N2O. The first-order chi connectivity index (χ1) is 5.77. The largest absolute Gasteiger partial charge is 0.380 e. The molecule has 0 aromatic heterocycles. The quantitative estimate of drug-likeness (QED) is 0.649. The number of likely N-dealkylation sites (N-methyl/N-ethyl adjacent to an activating group) is 2. The van der Waals surface area contributed by atoms with E-state index in [1.165, 1.54) is 19.4 Å². The Hall–Kier alpha value is -0.120. The fourth-order valence-electron chi connectivity index (χ4n) is 1.87. The maximum Gasteiger partial charge on any atom is 0.0737 e. The van der Waals surface area contributed by atoms with E-state index in [-0.39, 0.29) is 0 Å². The lowest BCUT2D eigenvalue weighted by atomic mass is 10.1. The molecule has 1 saturated heterocycles. The molecule has 2 unspecified atom stereocenters. The van der Waals surface area contributed by atoms with Gasteiger partial charge in [0.25, 0.3) is 0 Å². The number of methoxy groups -OCH3 is 1. The molecule has 0 aromatic rings. The van der Waals surface area contributed by atoms with Crippen molar-refractivity contribution < 1.29 is 4.74 Å². The third-order valence-electron chi connectivity index (χ3n) is 2.66. The number of ether oxygens (including phenoxy) is 1. The molecule has 2 atom stereocenters. The Morgan fingerprint density at radius 3 is 2.83 bits per heavy atom. The molecule has 0 aromatic carbocycles. The molecule has 72 valence electrons. The van der Waals surface area contributed by atoms with E-state index in [1.54, 1.807) is 7.11 Å². The number of rotatable bonds is 2. The van der Waals surface area contributed by atoms with E-state index in [0.717, 1.165) is 6.54 Å². The molecule has 0 spiro atoms. The van der Waals surface area contributed by atoms with Gasteiger partial charge in [-0.25, -0.2) is 0 Å². The number of hydrogen-bond acceptors (Lipinski definition) is 3. The van der Waals surface area contributed by atoms with E-state index in [9.17, 15) is 0 Å². The van der Waals surface area contributed by atoms with Crippen molar-refractivity contribution in [2.45, 2.75) is 25.0 Å². The van der Waals surface area contributed by atoms with Gasteiger partial charge in [0.1, 0.15) is 0 Å². The fraction of sp³-hybridized carbons (Fsp3) is 1.00. The summed E-state index contributed by atoms with van der Waals surface area (Å²) in [6, 6.07) is 0.488. The summed E-state index contributed by atoms with van der Waals surface area (Å²) in [5.74, 6) is 0. The molecule has 3 nitrogen and oxygen atoms in total. The van der Waals surface area contributed by atoms with Crippen LogP contribution >= 0.6 is 0 Å². The second kappa shape index (κ2) is 4.80. The van der Waals surface area contributed by atoms with Gasteiger partial charge >= 0.3 is 0 Å². The van der Waals surface area contributed by atoms with Crippen LogP contribution in [-0.4, -0.2) is 51.3 Å². The average Bonchev–Trinajstić information content (AvgIpc) is 2.26. The zero-order valence-electron chi connectivity index (χ0n) is 8.34. The van der Waals surface area contributed by atoms with Crippen LogP contribution in [0.3, 0.4) is 0 Å². The number of likely N-dealkylation sites (tertiary alicyclic amines) is 1. The van der Waals surface area contributed by atoms with Crippen LogP contribution in [0.25, 0.3) is 0 Å². The second-order valence-electron chi connectivity index (χ2n) is 3.57. The highest BCUT2D eigenvalue weighted by molar-refractivity contribution is 4.81. The molecule has 1 N–H and O–H groups in total. The topological polar surface area (TPSA) is 24.5 Å². The molecule has 3 heteroatoms. The number of nitrogens with zero attached hydrogens (tertiary/aromatic N) is 1. The highest BCUT2D eigenvalue weighted by atomic mass is 16.5. The van der Waals surface area contributed by atoms with Gasteiger partial charge in [-0.2, -0.15) is 0 Å². The molecule has 0 amide bonds. The lowest BCUT2D eigenvalue weighted by Gasteiger charge is -2.25. The normalized spacial score (nSPS) is 33.2. The maximum atomic E-state index is 5.43. The Labute approximate surface area is 75.1 Å². The minimum atomic E-state index is 0.389. The fourth-order valence-corrected chi connectivity index (χ4v) is 1.87. The van der Waals surface area contributed by atoms with Crippen LogP contribution < -0.4 is 5.32 Å². The molecule has 0 radical (unpaired) electrons. The van der Waals surface area contributed by atoms with Crippen molar-refractivity contribution in [2.24, 2.45) is 0 Å². The molecule has 1 aliphatic rings. The van der Waals surface area contributed by atoms with Crippen molar-refractivity contribution in [1.82, 2.24) is 10.2 Å². The van der Waals surface area contributed by atoms with Crippen molar-refractivity contribution in [3.63, 3.8) is 0 Å². The van der Waals surface area contributed by atoms with Gasteiger partial charge in [0.15, 0.2) is 0 Å². The lowest BCUT2D eigenvalue weighted by molar-refractivity contribution is 0.0653. The Morgan fingerprint density at radius 2 is 2.25 bits per heavy atom. The van der Waals surface area contributed by atoms with Crippen molar-refractivity contribution in [3.05, 3.63) is 0 Å². The summed E-state index contributed by atoms with van der Waals surface area (Å²) in [5, 5.41) is 3.31. The third-order valence-corrected chi connectivity index (χ3v) is 2.66. The molecule has 12 heavy (non-hydrogen) atoms. The van der Waals surface area contributed by atoms with Gasteiger partial charge in [0.05, 0.1) is 6.10 Å². The lowest BCUT2D eigenvalue weighted by Crippen LogP contribution is -2.44. The van der Waals surface area contributed by atoms with Crippen LogP contribution in [-0.2, 0) is 4.74 Å². The minimum Gasteiger partial charge on any atom is -0.380 e. The van der Waals surface area contributed by atoms with Crippen LogP contribution in [0.15, 0.2) is 0 Å². The Balaban J connectivity index is 2.49. The number of nitrogens with one attached hydrogen (secondary N) is 1. The molecular weight excluding hydrogens is 152 g/mol. The maximum absolute atomic E-state index is 5.43. The first-order valence-corrected chi connectivity index (χ1v) is 4.66. The standard InChI is InChI=1S/C9H20N2O/c1-10-8-7-11(2)6-4-5-9(8)12-3/h8-10H,4-7H2,1-3H3. The highest BCUT2D eigenvalue weighted by Crippen LogP contribution is 2.12. The molecule has 0 saturated carbocycles. The molecule has 1 heterocycles. The summed E-state index contributed by atoms with van der Waals surface area (Å²) >= 11 is 0. The summed E-state index contributed by atoms with van der Waals surface area (Å²) < 4.78 is 5.43. The molecule has 1 rings (SSSR count). The van der Waals surface area contributed by atoms with Crippen LogP contribution in [0.4, 0.5) is 0 Å². The number of hydrogen-bond donors (Lipinski definition) is 1. The predicted octanol–water partition coefficient (Wildman–Crippen LogP) is 0.315. The second-order valence-corrected chi connectivity index (χ2v) is 3.57. The smallest absolute Gasteiger partial charge is 0.0737 e. The summed E-state index contributed by atoms with van der Waals surface area (Å²) in [4.78, 5) is 2.36. The van der Waals surface area contributed by atoms with E-state index in [1.807, 2.05) is 7.05 Å². The van der Waals surface area contributed by atoms with Crippen molar-refractivity contribution >= 4 is 0 Å². The van der Waals surface area contributed by atoms with Gasteiger partial charge in [-0.1, -0.05) is 0 Å². The van der Waals surface area contributed by atoms with E-state index in [4.69, 9.17) is 4.74 Å². The van der Waals surface area contributed by atoms with Crippen molar-refractivity contribution in [1.29, 1.82) is 0 Å². The first kappa shape index (κ1) is 9.96. The van der Waals surface area contributed by atoms with Crippen LogP contribution in [0, 0.1) is 0 Å². The highest BCUT2D eigenvalue weighted by Gasteiger charge is 2.23. The zero-order valence-corrected chi connectivity index (χ0v) is 8.34. The van der Waals surface area contributed by atoms with Gasteiger partial charge in [-0.3, -0.25) is 0 Å². The van der Waals surface area contributed by atoms with E-state index in [2.05, 4.69) is 17.3 Å². The zero-order chi connectivity index (χ0) is 8.97. The molecule has 1 fully saturated rings. The average molecular weight is 172 g/mol. The minimum absolute atomic E-state index is 0.389. The summed E-state index contributed by atoms with van der Waals surface area (Å²) in [6.45, 7) is 2.28. The van der Waals surface area contributed by atoms with Gasteiger partial charge in [0.2, 0.25) is 0 Å². The Morgan fingerprint density at radius 1 is 1.50 bits per heavy atom. The van der Waals surface area contributed by atoms with Crippen LogP contribution in [0.2, 0.25) is 0 Å². The van der Waals surface area contributed by atoms with E-state index in [0.29, 0.717) is 12.1 Å². The molecule has 0 bridgehead atoms. The van der Waals surface area contributed by atoms with Crippen molar-refractivity contribution in [3.8, 4) is 0 Å². The Kier molecular flexibility index (Phi) is 3.98. The SMILES string of the molecule is CNC1CN(C)CCCC1OC.